The summed E-state index contributed by atoms with van der Waals surface area (Å²) in [5.41, 5.74) is 2.77. The highest BCUT2D eigenvalue weighted by atomic mass is 16.1. The molecule has 3 aromatic carbocycles. The minimum atomic E-state index is -0.0569. The largest absolute Gasteiger partial charge is 0.322 e. The van der Waals surface area contributed by atoms with E-state index >= 15 is 0 Å². The van der Waals surface area contributed by atoms with Gasteiger partial charge in [0.05, 0.1) is 0 Å². The van der Waals surface area contributed by atoms with Crippen molar-refractivity contribution in [2.24, 2.45) is 0 Å². The maximum absolute atomic E-state index is 12.9. The molecule has 3 aromatic rings. The van der Waals surface area contributed by atoms with Gasteiger partial charge in [0.15, 0.2) is 0 Å². The molecule has 0 bridgehead atoms. The Balaban J connectivity index is 1.50. The summed E-state index contributed by atoms with van der Waals surface area (Å²) in [4.78, 5) is 15.3. The van der Waals surface area contributed by atoms with E-state index in [1.54, 1.807) is 0 Å². The van der Waals surface area contributed by atoms with Gasteiger partial charge in [0.1, 0.15) is 0 Å². The number of rotatable bonds is 5. The van der Waals surface area contributed by atoms with Crippen LogP contribution in [0.25, 0.3) is 10.8 Å². The first-order valence-electron chi connectivity index (χ1n) is 10.3. The van der Waals surface area contributed by atoms with Gasteiger partial charge in [0.25, 0.3) is 5.91 Å². The van der Waals surface area contributed by atoms with Crippen LogP contribution in [0.4, 0.5) is 5.69 Å². The number of nitrogens with zero attached hydrogens (tertiary/aromatic N) is 1. The van der Waals surface area contributed by atoms with E-state index in [1.165, 1.54) is 37.7 Å². The van der Waals surface area contributed by atoms with Crippen molar-refractivity contribution < 1.29 is 4.79 Å². The summed E-state index contributed by atoms with van der Waals surface area (Å²) in [5, 5.41) is 5.36. The third kappa shape index (κ3) is 4.26. The number of nitrogens with one attached hydrogen (secondary N) is 1. The lowest BCUT2D eigenvalue weighted by Crippen LogP contribution is -2.33. The van der Waals surface area contributed by atoms with E-state index in [9.17, 15) is 4.79 Å². The van der Waals surface area contributed by atoms with Crippen molar-refractivity contribution in [2.45, 2.75) is 44.7 Å². The van der Waals surface area contributed by atoms with E-state index in [4.69, 9.17) is 0 Å². The van der Waals surface area contributed by atoms with Crippen molar-refractivity contribution in [3.8, 4) is 0 Å². The Morgan fingerprint density at radius 2 is 1.64 bits per heavy atom. The van der Waals surface area contributed by atoms with E-state index < -0.39 is 0 Å². The number of anilines is 1. The molecule has 1 aliphatic rings. The molecule has 0 heterocycles. The summed E-state index contributed by atoms with van der Waals surface area (Å²) in [6.45, 7) is 0.860. The number of benzene rings is 3. The van der Waals surface area contributed by atoms with Crippen molar-refractivity contribution >= 4 is 22.4 Å². The zero-order valence-electron chi connectivity index (χ0n) is 16.5. The van der Waals surface area contributed by atoms with Crippen molar-refractivity contribution in [3.63, 3.8) is 0 Å². The van der Waals surface area contributed by atoms with Gasteiger partial charge in [-0.2, -0.15) is 0 Å². The lowest BCUT2D eigenvalue weighted by atomic mass is 9.94. The fraction of sp³-hybridized carbons (Fsp3) is 0.320. The number of para-hydroxylation sites is 1. The van der Waals surface area contributed by atoms with Crippen LogP contribution in [0.3, 0.4) is 0 Å². The maximum atomic E-state index is 12.9. The molecular weight excluding hydrogens is 344 g/mol. The molecule has 1 aliphatic carbocycles. The maximum Gasteiger partial charge on any atom is 0.255 e. The summed E-state index contributed by atoms with van der Waals surface area (Å²) in [5.74, 6) is -0.0569. The van der Waals surface area contributed by atoms with Crippen LogP contribution in [0, 0.1) is 0 Å². The van der Waals surface area contributed by atoms with Crippen molar-refractivity contribution in [1.82, 2.24) is 4.90 Å². The Morgan fingerprint density at radius 3 is 2.46 bits per heavy atom. The zero-order chi connectivity index (χ0) is 19.3. The standard InChI is InChI=1S/C25H28N2O/c1-27(23-12-3-2-4-13-23)18-22-11-7-8-14-24(22)26-25(28)21-16-15-19-9-5-6-10-20(19)17-21/h5-11,14-17,23H,2-4,12-13,18H2,1H3,(H,26,28). The normalized spacial score (nSPS) is 15.1. The van der Waals surface area contributed by atoms with Gasteiger partial charge in [0.2, 0.25) is 0 Å². The van der Waals surface area contributed by atoms with Gasteiger partial charge in [-0.3, -0.25) is 9.69 Å². The Labute approximate surface area is 167 Å². The number of hydrogen-bond acceptors (Lipinski definition) is 2. The first-order chi connectivity index (χ1) is 13.7. The molecule has 0 radical (unpaired) electrons. The molecule has 3 nitrogen and oxygen atoms in total. The number of fused-ring (bicyclic) bond motifs is 1. The SMILES string of the molecule is CN(Cc1ccccc1NC(=O)c1ccc2ccccc2c1)C1CCCCC1. The summed E-state index contributed by atoms with van der Waals surface area (Å²) in [7, 11) is 2.21. The molecule has 1 saturated carbocycles. The van der Waals surface area contributed by atoms with Crippen LogP contribution in [0.15, 0.2) is 66.7 Å². The van der Waals surface area contributed by atoms with Gasteiger partial charge in [-0.1, -0.05) is 67.8 Å². The lowest BCUT2D eigenvalue weighted by Gasteiger charge is -2.31. The molecule has 0 saturated heterocycles. The molecule has 1 fully saturated rings. The smallest absolute Gasteiger partial charge is 0.255 e. The molecule has 144 valence electrons. The Kier molecular flexibility index (Phi) is 5.73. The van der Waals surface area contributed by atoms with Crippen LogP contribution < -0.4 is 5.32 Å². The predicted octanol–water partition coefficient (Wildman–Crippen LogP) is 5.86. The van der Waals surface area contributed by atoms with Crippen LogP contribution in [0.1, 0.15) is 48.0 Å². The molecular formula is C25H28N2O. The Morgan fingerprint density at radius 1 is 0.929 bits per heavy atom. The molecule has 1 amide bonds. The molecule has 0 aliphatic heterocycles. The Bertz CT molecular complexity index is 959. The summed E-state index contributed by atoms with van der Waals surface area (Å²) < 4.78 is 0. The van der Waals surface area contributed by atoms with Crippen LogP contribution in [0.5, 0.6) is 0 Å². The van der Waals surface area contributed by atoms with E-state index in [-0.39, 0.29) is 5.91 Å². The van der Waals surface area contributed by atoms with Crippen LogP contribution in [-0.2, 0) is 6.54 Å². The topological polar surface area (TPSA) is 32.3 Å². The summed E-state index contributed by atoms with van der Waals surface area (Å²) >= 11 is 0. The second-order valence-corrected chi connectivity index (χ2v) is 7.88. The fourth-order valence-corrected chi connectivity index (χ4v) is 4.22. The first-order valence-corrected chi connectivity index (χ1v) is 10.3. The molecule has 3 heteroatoms. The number of hydrogen-bond donors (Lipinski definition) is 1. The van der Waals surface area contributed by atoms with Gasteiger partial charge in [0, 0.05) is 23.8 Å². The van der Waals surface area contributed by atoms with Crippen molar-refractivity contribution in [3.05, 3.63) is 77.9 Å². The highest BCUT2D eigenvalue weighted by Crippen LogP contribution is 2.25. The van der Waals surface area contributed by atoms with E-state index in [2.05, 4.69) is 35.5 Å². The van der Waals surface area contributed by atoms with E-state index in [1.807, 2.05) is 48.5 Å². The van der Waals surface area contributed by atoms with Crippen molar-refractivity contribution in [2.75, 3.05) is 12.4 Å². The monoisotopic (exact) mass is 372 g/mol. The quantitative estimate of drug-likeness (QED) is 0.609. The second kappa shape index (κ2) is 8.57. The molecule has 0 atom stereocenters. The predicted molar refractivity (Wildman–Crippen MR) is 117 cm³/mol. The number of carbonyl (C=O) groups is 1. The minimum absolute atomic E-state index is 0.0569. The first kappa shape index (κ1) is 18.7. The fourth-order valence-electron chi connectivity index (χ4n) is 4.22. The molecule has 0 aromatic heterocycles. The van der Waals surface area contributed by atoms with Gasteiger partial charge < -0.3 is 5.32 Å². The highest BCUT2D eigenvalue weighted by molar-refractivity contribution is 6.06. The van der Waals surface area contributed by atoms with Gasteiger partial charge >= 0.3 is 0 Å². The van der Waals surface area contributed by atoms with Crippen LogP contribution >= 0.6 is 0 Å². The van der Waals surface area contributed by atoms with Crippen LogP contribution in [-0.4, -0.2) is 23.9 Å². The molecule has 4 rings (SSSR count). The van der Waals surface area contributed by atoms with E-state index in [0.29, 0.717) is 11.6 Å². The zero-order valence-corrected chi connectivity index (χ0v) is 16.5. The second-order valence-electron chi connectivity index (χ2n) is 7.88. The van der Waals surface area contributed by atoms with Crippen molar-refractivity contribution in [1.29, 1.82) is 0 Å². The summed E-state index contributed by atoms with van der Waals surface area (Å²) in [6.07, 6.45) is 6.58. The highest BCUT2D eigenvalue weighted by Gasteiger charge is 2.19. The molecule has 0 spiro atoms. The minimum Gasteiger partial charge on any atom is -0.322 e. The van der Waals surface area contributed by atoms with E-state index in [0.717, 1.165) is 23.0 Å². The molecule has 1 N–H and O–H groups in total. The molecule has 28 heavy (non-hydrogen) atoms. The van der Waals surface area contributed by atoms with Gasteiger partial charge in [-0.15, -0.1) is 0 Å². The van der Waals surface area contributed by atoms with Gasteiger partial charge in [-0.05, 0) is 54.4 Å². The van der Waals surface area contributed by atoms with Gasteiger partial charge in [-0.25, -0.2) is 0 Å². The third-order valence-electron chi connectivity index (χ3n) is 5.90. The Hall–Kier alpha value is -2.65. The molecule has 0 unspecified atom stereocenters. The van der Waals surface area contributed by atoms with Crippen LogP contribution in [0.2, 0.25) is 0 Å². The number of carbonyl (C=O) groups excluding carboxylic acids is 1. The third-order valence-corrected chi connectivity index (χ3v) is 5.90. The average molecular weight is 373 g/mol. The average Bonchev–Trinajstić information content (AvgIpc) is 2.75. The summed E-state index contributed by atoms with van der Waals surface area (Å²) in [6, 6.07) is 22.8. The number of amides is 1. The lowest BCUT2D eigenvalue weighted by molar-refractivity contribution is 0.102.